The number of anilines is 2. The van der Waals surface area contributed by atoms with Crippen LogP contribution in [0.1, 0.15) is 11.1 Å². The lowest BCUT2D eigenvalue weighted by Gasteiger charge is -2.17. The first-order valence-corrected chi connectivity index (χ1v) is 16.9. The van der Waals surface area contributed by atoms with E-state index in [1.807, 2.05) is 4.90 Å². The van der Waals surface area contributed by atoms with Gasteiger partial charge in [0.2, 0.25) is 10.0 Å². The van der Waals surface area contributed by atoms with Gasteiger partial charge in [-0.25, -0.2) is 41.8 Å². The molecule has 0 unspecified atom stereocenters. The number of fused-ring (bicyclic) bond motifs is 1. The van der Waals surface area contributed by atoms with Crippen molar-refractivity contribution in [1.82, 2.24) is 24.5 Å². The Hall–Kier alpha value is -4.97. The van der Waals surface area contributed by atoms with Gasteiger partial charge in [0.25, 0.3) is 5.56 Å². The van der Waals surface area contributed by atoms with Crippen molar-refractivity contribution in [2.24, 2.45) is 0 Å². The van der Waals surface area contributed by atoms with Gasteiger partial charge in [-0.05, 0) is 61.6 Å². The van der Waals surface area contributed by atoms with E-state index in [4.69, 9.17) is 0 Å². The van der Waals surface area contributed by atoms with Gasteiger partial charge in [-0.15, -0.1) is 11.3 Å². The third-order valence-corrected chi connectivity index (χ3v) is 9.82. The molecule has 17 heteroatoms. The van der Waals surface area contributed by atoms with E-state index in [2.05, 4.69) is 20.6 Å². The van der Waals surface area contributed by atoms with Crippen molar-refractivity contribution in [2.45, 2.75) is 13.1 Å². The van der Waals surface area contributed by atoms with Gasteiger partial charge in [-0.1, -0.05) is 18.2 Å². The van der Waals surface area contributed by atoms with Gasteiger partial charge in [0.1, 0.15) is 22.3 Å². The topological polar surface area (TPSA) is 148 Å². The van der Waals surface area contributed by atoms with E-state index in [0.717, 1.165) is 43.2 Å². The molecule has 13 nitrogen and oxygen atoms in total. The molecule has 0 saturated carbocycles. The van der Waals surface area contributed by atoms with E-state index in [9.17, 15) is 31.6 Å². The number of nitrogens with one attached hydrogen (secondary N) is 2. The smallest absolute Gasteiger partial charge is 0.306 e. The van der Waals surface area contributed by atoms with Crippen LogP contribution in [-0.2, 0) is 28.0 Å². The minimum atomic E-state index is -3.65. The first kappa shape index (κ1) is 34.4. The number of urea groups is 1. The Balaban J connectivity index is 1.78. The second-order valence-electron chi connectivity index (χ2n) is 11.0. The summed E-state index contributed by atoms with van der Waals surface area (Å²) in [5, 5.41) is 2.76. The highest BCUT2D eigenvalue weighted by molar-refractivity contribution is 7.92. The van der Waals surface area contributed by atoms with E-state index in [1.165, 1.54) is 38.6 Å². The molecule has 0 atom stereocenters. The molecule has 0 fully saturated rings. The van der Waals surface area contributed by atoms with Crippen LogP contribution in [0.2, 0.25) is 0 Å². The maximum atomic E-state index is 15.0. The minimum Gasteiger partial charge on any atom is -0.306 e. The van der Waals surface area contributed by atoms with Gasteiger partial charge in [0.05, 0.1) is 37.2 Å². The summed E-state index contributed by atoms with van der Waals surface area (Å²) in [5.41, 5.74) is 1.90. The lowest BCUT2D eigenvalue weighted by Crippen LogP contribution is -2.39. The molecule has 0 aliphatic rings. The molecule has 48 heavy (non-hydrogen) atoms. The molecule has 0 aliphatic carbocycles. The van der Waals surface area contributed by atoms with Crippen LogP contribution in [0.5, 0.6) is 0 Å². The molecule has 0 bridgehead atoms. The maximum absolute atomic E-state index is 15.0. The number of halogens is 2. The van der Waals surface area contributed by atoms with Crippen LogP contribution in [0.4, 0.5) is 25.1 Å². The molecule has 0 radical (unpaired) electrons. The number of carbonyl (C=O) groups is 1. The molecule has 2 N–H and O–H groups in total. The molecular formula is C31H31F2N7O6S2. The molecular weight excluding hydrogens is 669 g/mol. The monoisotopic (exact) mass is 699 g/mol. The lowest BCUT2D eigenvalue weighted by atomic mass is 10.1. The van der Waals surface area contributed by atoms with Crippen LogP contribution in [0.15, 0.2) is 70.4 Å². The molecule has 5 aromatic rings. The fourth-order valence-electron chi connectivity index (χ4n) is 5.00. The Bertz CT molecular complexity index is 2210. The number of nitrogens with zero attached hydrogens (tertiary/aromatic N) is 5. The molecule has 2 amide bonds. The van der Waals surface area contributed by atoms with Gasteiger partial charge in [-0.3, -0.25) is 18.5 Å². The third kappa shape index (κ3) is 6.84. The van der Waals surface area contributed by atoms with E-state index in [1.54, 1.807) is 38.4 Å². The third-order valence-electron chi connectivity index (χ3n) is 7.34. The van der Waals surface area contributed by atoms with Gasteiger partial charge in [-0.2, -0.15) is 0 Å². The Kier molecular flexibility index (Phi) is 9.76. The molecule has 0 spiro atoms. The van der Waals surface area contributed by atoms with E-state index < -0.39 is 45.5 Å². The number of aromatic nitrogens is 3. The molecule has 3 heterocycles. The van der Waals surface area contributed by atoms with Crippen LogP contribution >= 0.6 is 11.3 Å². The highest BCUT2D eigenvalue weighted by Crippen LogP contribution is 2.38. The Morgan fingerprint density at radius 3 is 2.23 bits per heavy atom. The Labute approximate surface area is 277 Å². The fraction of sp³-hybridized carbons (Fsp3) is 0.226. The van der Waals surface area contributed by atoms with Crippen LogP contribution in [0.25, 0.3) is 26.3 Å². The quantitative estimate of drug-likeness (QED) is 0.210. The highest BCUT2D eigenvalue weighted by atomic mass is 32.2. The highest BCUT2D eigenvalue weighted by Gasteiger charge is 2.26. The Morgan fingerprint density at radius 1 is 1.00 bits per heavy atom. The van der Waals surface area contributed by atoms with Crippen molar-refractivity contribution in [3.8, 4) is 16.1 Å². The number of sulfonamides is 1. The lowest BCUT2D eigenvalue weighted by molar-refractivity contribution is 0.114. The molecule has 0 aliphatic heterocycles. The van der Waals surface area contributed by atoms with Crippen molar-refractivity contribution < 1.29 is 26.8 Å². The average Bonchev–Trinajstić information content (AvgIpc) is 3.39. The van der Waals surface area contributed by atoms with Gasteiger partial charge in [0, 0.05) is 29.7 Å². The van der Waals surface area contributed by atoms with Crippen molar-refractivity contribution in [2.75, 3.05) is 44.1 Å². The van der Waals surface area contributed by atoms with Crippen molar-refractivity contribution >= 4 is 49.1 Å². The summed E-state index contributed by atoms with van der Waals surface area (Å²) in [6, 6.07) is 12.3. The van der Waals surface area contributed by atoms with Crippen LogP contribution < -0.4 is 26.4 Å². The number of hydrogen-bond donors (Lipinski definition) is 2. The number of benzene rings is 2. The zero-order chi connectivity index (χ0) is 34.9. The molecule has 3 aromatic heterocycles. The summed E-state index contributed by atoms with van der Waals surface area (Å²) in [7, 11) is 2.57. The maximum Gasteiger partial charge on any atom is 0.343 e. The predicted octanol–water partition coefficient (Wildman–Crippen LogP) is 3.74. The summed E-state index contributed by atoms with van der Waals surface area (Å²) >= 11 is 1.12. The van der Waals surface area contributed by atoms with Gasteiger partial charge in [0.15, 0.2) is 0 Å². The number of amides is 2. The largest absolute Gasteiger partial charge is 0.343 e. The number of hydrogen-bond acceptors (Lipinski definition) is 9. The van der Waals surface area contributed by atoms with E-state index in [0.29, 0.717) is 21.7 Å². The summed E-state index contributed by atoms with van der Waals surface area (Å²) in [6.45, 7) is -0.279. The zero-order valence-electron chi connectivity index (χ0n) is 26.4. The van der Waals surface area contributed by atoms with Gasteiger partial charge < -0.3 is 10.2 Å². The zero-order valence-corrected chi connectivity index (χ0v) is 28.1. The minimum absolute atomic E-state index is 0.0219. The van der Waals surface area contributed by atoms with Crippen molar-refractivity contribution in [3.05, 3.63) is 104 Å². The van der Waals surface area contributed by atoms with Crippen molar-refractivity contribution in [1.29, 1.82) is 0 Å². The molecule has 5 rings (SSSR count). The number of pyridine rings is 1. The number of thiophene rings is 1. The first-order valence-electron chi connectivity index (χ1n) is 14.2. The first-order chi connectivity index (χ1) is 22.7. The number of hydroxylamine groups is 1. The predicted molar refractivity (Wildman–Crippen MR) is 180 cm³/mol. The fourth-order valence-corrected chi connectivity index (χ4v) is 6.75. The molecule has 2 aromatic carbocycles. The second kappa shape index (κ2) is 13.6. The van der Waals surface area contributed by atoms with Crippen LogP contribution in [0.3, 0.4) is 0 Å². The van der Waals surface area contributed by atoms with Gasteiger partial charge >= 0.3 is 11.7 Å². The van der Waals surface area contributed by atoms with Crippen LogP contribution in [0, 0.1) is 11.6 Å². The summed E-state index contributed by atoms with van der Waals surface area (Å²) in [6.07, 6.45) is 2.19. The summed E-state index contributed by atoms with van der Waals surface area (Å²) < 4.78 is 56.9. The average molecular weight is 700 g/mol. The number of carbonyl (C=O) groups excluding carboxylic acids is 1. The SMILES string of the molecule is CONC(=O)Nc1ccc(-c2sc3c(c2CN(C)C)c(=O)n(-c2ccc(N(C)S(C)(=O)=O)nc2)c(=O)n3Cc2c(F)cccc2F)cc1. The molecule has 252 valence electrons. The van der Waals surface area contributed by atoms with E-state index >= 15 is 0 Å². The Morgan fingerprint density at radius 2 is 1.67 bits per heavy atom. The van der Waals surface area contributed by atoms with E-state index in [-0.39, 0.29) is 33.8 Å². The van der Waals surface area contributed by atoms with Crippen LogP contribution in [-0.4, -0.2) is 68.0 Å². The second-order valence-corrected chi connectivity index (χ2v) is 14.0. The normalized spacial score (nSPS) is 11.7. The number of rotatable bonds is 10. The summed E-state index contributed by atoms with van der Waals surface area (Å²) in [5.74, 6) is -1.69. The van der Waals surface area contributed by atoms with Crippen molar-refractivity contribution in [3.63, 3.8) is 0 Å². The standard InChI is InChI=1S/C31H31F2N7O6S2/c1-37(2)16-22-26-28(41)40(20-13-14-25(34-15-20)38(3)48(5,44)45)31(43)39(17-21-23(32)7-6-8-24(21)33)29(26)47-27(22)18-9-11-19(12-10-18)35-30(42)36-46-4/h6-15H,16-17H2,1-5H3,(H2,35,36,42). The molecule has 0 saturated heterocycles. The summed E-state index contributed by atoms with van der Waals surface area (Å²) in [4.78, 5) is 51.8.